The zero-order chi connectivity index (χ0) is 14.4. The van der Waals surface area contributed by atoms with Crippen LogP contribution in [0.15, 0.2) is 18.2 Å². The van der Waals surface area contributed by atoms with Crippen molar-refractivity contribution in [3.05, 3.63) is 28.2 Å². The molecule has 1 rings (SSSR count). The van der Waals surface area contributed by atoms with Gasteiger partial charge in [0, 0.05) is 22.3 Å². The van der Waals surface area contributed by atoms with Gasteiger partial charge in [0.1, 0.15) is 0 Å². The lowest BCUT2D eigenvalue weighted by atomic mass is 10.3. The summed E-state index contributed by atoms with van der Waals surface area (Å²) in [5.74, 6) is 0. The average molecular weight is 320 g/mol. The topological polar surface area (TPSA) is 58.4 Å². The van der Waals surface area contributed by atoms with E-state index in [2.05, 4.69) is 5.32 Å². The third-order valence-electron chi connectivity index (χ3n) is 2.24. The van der Waals surface area contributed by atoms with E-state index in [0.717, 1.165) is 6.42 Å². The van der Waals surface area contributed by atoms with E-state index in [1.165, 1.54) is 4.90 Å². The van der Waals surface area contributed by atoms with Crippen molar-refractivity contribution in [3.63, 3.8) is 0 Å². The highest BCUT2D eigenvalue weighted by molar-refractivity contribution is 7.80. The van der Waals surface area contributed by atoms with Gasteiger partial charge in [0.05, 0.1) is 11.5 Å². The predicted octanol–water partition coefficient (Wildman–Crippen LogP) is 3.52. The highest BCUT2D eigenvalue weighted by Gasteiger charge is 2.14. The first-order chi connectivity index (χ1) is 8.92. The van der Waals surface area contributed by atoms with Gasteiger partial charge in [0.15, 0.2) is 0 Å². The molecule has 0 bridgehead atoms. The molecule has 104 valence electrons. The molecule has 2 amide bonds. The fourth-order valence-electron chi connectivity index (χ4n) is 1.54. The normalized spacial score (nSPS) is 10.1. The number of hydrogen-bond acceptors (Lipinski definition) is 2. The number of urea groups is 1. The predicted molar refractivity (Wildman–Crippen MR) is 84.1 cm³/mol. The van der Waals surface area contributed by atoms with Gasteiger partial charge in [-0.2, -0.15) is 0 Å². The molecule has 0 aliphatic carbocycles. The number of thiocarbonyl (C=S) groups is 1. The van der Waals surface area contributed by atoms with E-state index >= 15 is 0 Å². The van der Waals surface area contributed by atoms with Crippen molar-refractivity contribution in [1.82, 2.24) is 4.90 Å². The number of carbonyl (C=O) groups excluding carboxylic acids is 1. The van der Waals surface area contributed by atoms with E-state index in [9.17, 15) is 4.79 Å². The van der Waals surface area contributed by atoms with Crippen LogP contribution in [0, 0.1) is 0 Å². The lowest BCUT2D eigenvalue weighted by Crippen LogP contribution is -2.40. The monoisotopic (exact) mass is 319 g/mol. The van der Waals surface area contributed by atoms with Crippen LogP contribution in [0.3, 0.4) is 0 Å². The number of benzene rings is 1. The first-order valence-corrected chi connectivity index (χ1v) is 6.89. The molecule has 0 aliphatic rings. The summed E-state index contributed by atoms with van der Waals surface area (Å²) < 4.78 is 0. The summed E-state index contributed by atoms with van der Waals surface area (Å²) in [6, 6.07) is 4.55. The maximum atomic E-state index is 12.1. The molecule has 0 aliphatic heterocycles. The van der Waals surface area contributed by atoms with Gasteiger partial charge in [-0.3, -0.25) is 0 Å². The van der Waals surface area contributed by atoms with Crippen molar-refractivity contribution in [1.29, 1.82) is 0 Å². The van der Waals surface area contributed by atoms with Crippen LogP contribution in [0.25, 0.3) is 0 Å². The van der Waals surface area contributed by atoms with Crippen LogP contribution in [-0.2, 0) is 0 Å². The van der Waals surface area contributed by atoms with Crippen molar-refractivity contribution >= 4 is 52.1 Å². The summed E-state index contributed by atoms with van der Waals surface area (Å²) in [7, 11) is 0. The number of anilines is 1. The maximum Gasteiger partial charge on any atom is 0.322 e. The van der Waals surface area contributed by atoms with E-state index in [1.54, 1.807) is 18.2 Å². The van der Waals surface area contributed by atoms with Gasteiger partial charge in [0.2, 0.25) is 0 Å². The molecule has 0 saturated heterocycles. The Hall–Kier alpha value is -1.04. The van der Waals surface area contributed by atoms with Gasteiger partial charge in [-0.1, -0.05) is 42.3 Å². The summed E-state index contributed by atoms with van der Waals surface area (Å²) in [6.07, 6.45) is 0.812. The molecule has 0 fully saturated rings. The highest BCUT2D eigenvalue weighted by atomic mass is 35.5. The van der Waals surface area contributed by atoms with Gasteiger partial charge >= 0.3 is 6.03 Å². The standard InChI is InChI=1S/C12H15Cl2N3OS/c1-2-3-17(7-11(15)19)12(18)16-10-5-8(13)4-9(14)6-10/h4-6H,2-3,7H2,1H3,(H2,15,19)(H,16,18). The molecule has 0 aromatic heterocycles. The largest absolute Gasteiger partial charge is 0.392 e. The van der Waals surface area contributed by atoms with Gasteiger partial charge in [-0.15, -0.1) is 0 Å². The van der Waals surface area contributed by atoms with Crippen molar-refractivity contribution in [2.24, 2.45) is 5.73 Å². The molecular formula is C12H15Cl2N3OS. The van der Waals surface area contributed by atoms with Crippen molar-refractivity contribution in [2.45, 2.75) is 13.3 Å². The smallest absolute Gasteiger partial charge is 0.322 e. The molecule has 1 aromatic rings. The number of halogens is 2. The van der Waals surface area contributed by atoms with Crippen LogP contribution in [-0.4, -0.2) is 29.0 Å². The number of amides is 2. The van der Waals surface area contributed by atoms with Crippen LogP contribution >= 0.6 is 35.4 Å². The van der Waals surface area contributed by atoms with Gasteiger partial charge in [-0.25, -0.2) is 4.79 Å². The lowest BCUT2D eigenvalue weighted by molar-refractivity contribution is 0.219. The first-order valence-electron chi connectivity index (χ1n) is 5.72. The van der Waals surface area contributed by atoms with Crippen molar-refractivity contribution in [2.75, 3.05) is 18.4 Å². The van der Waals surface area contributed by atoms with Crippen LogP contribution in [0.2, 0.25) is 10.0 Å². The Bertz CT molecular complexity index is 462. The number of nitrogens with zero attached hydrogens (tertiary/aromatic N) is 1. The zero-order valence-electron chi connectivity index (χ0n) is 10.5. The third kappa shape index (κ3) is 5.63. The summed E-state index contributed by atoms with van der Waals surface area (Å²) in [5.41, 5.74) is 6.00. The van der Waals surface area contributed by atoms with Crippen LogP contribution < -0.4 is 11.1 Å². The van der Waals surface area contributed by atoms with E-state index < -0.39 is 0 Å². The fraction of sp³-hybridized carbons (Fsp3) is 0.333. The Balaban J connectivity index is 2.77. The second kappa shape index (κ2) is 7.53. The molecule has 3 N–H and O–H groups in total. The molecular weight excluding hydrogens is 305 g/mol. The molecule has 7 heteroatoms. The zero-order valence-corrected chi connectivity index (χ0v) is 12.8. The minimum atomic E-state index is -0.284. The number of nitrogens with two attached hydrogens (primary N) is 1. The van der Waals surface area contributed by atoms with Gasteiger partial charge < -0.3 is 16.0 Å². The van der Waals surface area contributed by atoms with Crippen LogP contribution in [0.1, 0.15) is 13.3 Å². The Kier molecular flexibility index (Phi) is 6.34. The van der Waals surface area contributed by atoms with E-state index in [-0.39, 0.29) is 17.6 Å². The SMILES string of the molecule is CCCN(CC(N)=S)C(=O)Nc1cc(Cl)cc(Cl)c1. The fourth-order valence-corrected chi connectivity index (χ4v) is 2.22. The van der Waals surface area contributed by atoms with E-state index in [0.29, 0.717) is 22.3 Å². The highest BCUT2D eigenvalue weighted by Crippen LogP contribution is 2.22. The molecule has 0 atom stereocenters. The summed E-state index contributed by atoms with van der Waals surface area (Å²) in [4.78, 5) is 13.9. The van der Waals surface area contributed by atoms with Gasteiger partial charge in [0.25, 0.3) is 0 Å². The molecule has 1 aromatic carbocycles. The Morgan fingerprint density at radius 2 is 1.95 bits per heavy atom. The maximum absolute atomic E-state index is 12.1. The van der Waals surface area contributed by atoms with E-state index in [4.69, 9.17) is 41.2 Å². The number of carbonyl (C=O) groups is 1. The van der Waals surface area contributed by atoms with Crippen molar-refractivity contribution in [3.8, 4) is 0 Å². The van der Waals surface area contributed by atoms with Gasteiger partial charge in [-0.05, 0) is 24.6 Å². The number of nitrogens with one attached hydrogen (secondary N) is 1. The van der Waals surface area contributed by atoms with E-state index in [1.807, 2.05) is 6.92 Å². The first kappa shape index (κ1) is 16.0. The summed E-state index contributed by atoms with van der Waals surface area (Å²) in [5, 5.41) is 3.63. The Morgan fingerprint density at radius 3 is 2.42 bits per heavy atom. The molecule has 0 unspecified atom stereocenters. The van der Waals surface area contributed by atoms with Crippen LogP contribution in [0.4, 0.5) is 10.5 Å². The average Bonchev–Trinajstić information content (AvgIpc) is 2.26. The summed E-state index contributed by atoms with van der Waals surface area (Å²) in [6.45, 7) is 2.77. The molecule has 0 radical (unpaired) electrons. The lowest BCUT2D eigenvalue weighted by Gasteiger charge is -2.22. The minimum Gasteiger partial charge on any atom is -0.392 e. The molecule has 0 saturated carbocycles. The molecule has 19 heavy (non-hydrogen) atoms. The second-order valence-electron chi connectivity index (χ2n) is 3.98. The summed E-state index contributed by atoms with van der Waals surface area (Å²) >= 11 is 16.6. The molecule has 0 spiro atoms. The quantitative estimate of drug-likeness (QED) is 0.816. The Labute approximate surface area is 127 Å². The third-order valence-corrected chi connectivity index (χ3v) is 2.81. The molecule has 4 nitrogen and oxygen atoms in total. The Morgan fingerprint density at radius 1 is 1.37 bits per heavy atom. The van der Waals surface area contributed by atoms with Crippen LogP contribution in [0.5, 0.6) is 0 Å². The number of hydrogen-bond donors (Lipinski definition) is 2. The van der Waals surface area contributed by atoms with Crippen molar-refractivity contribution < 1.29 is 4.79 Å². The minimum absolute atomic E-state index is 0.239. The second-order valence-corrected chi connectivity index (χ2v) is 5.37. The number of rotatable bonds is 5. The molecule has 0 heterocycles.